The minimum absolute atomic E-state index is 0.231. The summed E-state index contributed by atoms with van der Waals surface area (Å²) in [5, 5.41) is 2.31. The molecule has 0 aliphatic heterocycles. The fourth-order valence-electron chi connectivity index (χ4n) is 2.43. The van der Waals surface area contributed by atoms with Crippen LogP contribution in [0.1, 0.15) is 18.4 Å². The van der Waals surface area contributed by atoms with Crippen molar-refractivity contribution in [1.82, 2.24) is 13.5 Å². The van der Waals surface area contributed by atoms with E-state index >= 15 is 0 Å². The van der Waals surface area contributed by atoms with Gasteiger partial charge in [0.1, 0.15) is 6.67 Å². The van der Waals surface area contributed by atoms with Crippen molar-refractivity contribution in [3.05, 3.63) is 56.2 Å². The zero-order valence-electron chi connectivity index (χ0n) is 14.2. The predicted molar refractivity (Wildman–Crippen MR) is 104 cm³/mol. The standard InChI is InChI=1S/C13H11N3O2S2.C4H8FN/c1-15-11-3-2-9(19)4-10(11)12(17)16(13(15)18)6-8-5-14-20-7-8;5-3-4(6)1-2-4/h2-5,7,19H,6H2,1H3;1-3,6H2. The summed E-state index contributed by atoms with van der Waals surface area (Å²) in [6, 6.07) is 5.18. The summed E-state index contributed by atoms with van der Waals surface area (Å²) in [7, 11) is 1.66. The lowest BCUT2D eigenvalue weighted by Gasteiger charge is -2.10. The third kappa shape index (κ3) is 3.89. The van der Waals surface area contributed by atoms with Crippen molar-refractivity contribution >= 4 is 35.1 Å². The van der Waals surface area contributed by atoms with Crippen LogP contribution in [0.15, 0.2) is 44.3 Å². The van der Waals surface area contributed by atoms with Crippen LogP contribution >= 0.6 is 24.2 Å². The molecule has 3 aromatic rings. The molecule has 1 saturated carbocycles. The number of nitrogens with two attached hydrogens (primary N) is 1. The number of alkyl halides is 1. The lowest BCUT2D eigenvalue weighted by molar-refractivity contribution is 0.417. The van der Waals surface area contributed by atoms with Crippen LogP contribution in [0.5, 0.6) is 0 Å². The summed E-state index contributed by atoms with van der Waals surface area (Å²) in [6.07, 6.45) is 3.42. The average Bonchev–Trinajstić information content (AvgIpc) is 3.16. The molecule has 138 valence electrons. The minimum Gasteiger partial charge on any atom is -0.323 e. The molecular weight excluding hydrogens is 375 g/mol. The van der Waals surface area contributed by atoms with Crippen molar-refractivity contribution in [2.24, 2.45) is 12.8 Å². The van der Waals surface area contributed by atoms with Gasteiger partial charge in [0.2, 0.25) is 0 Å². The topological polar surface area (TPSA) is 82.9 Å². The molecule has 0 saturated heterocycles. The van der Waals surface area contributed by atoms with Gasteiger partial charge in [-0.2, -0.15) is 0 Å². The maximum atomic E-state index is 12.5. The van der Waals surface area contributed by atoms with Gasteiger partial charge in [-0.25, -0.2) is 13.6 Å². The second-order valence-corrected chi connectivity index (χ2v) is 7.64. The fraction of sp³-hybridized carbons (Fsp3) is 0.353. The summed E-state index contributed by atoms with van der Waals surface area (Å²) in [6.45, 7) is -0.109. The van der Waals surface area contributed by atoms with Gasteiger partial charge in [0, 0.05) is 34.6 Å². The number of hydrogen-bond acceptors (Lipinski definition) is 6. The Balaban J connectivity index is 0.000000278. The molecule has 0 amide bonds. The van der Waals surface area contributed by atoms with Gasteiger partial charge in [-0.05, 0) is 42.6 Å². The average molecular weight is 394 g/mol. The Bertz CT molecular complexity index is 1040. The Morgan fingerprint density at radius 3 is 2.65 bits per heavy atom. The van der Waals surface area contributed by atoms with E-state index < -0.39 is 0 Å². The summed E-state index contributed by atoms with van der Waals surface area (Å²) in [5.41, 5.74) is 5.71. The largest absolute Gasteiger partial charge is 0.331 e. The van der Waals surface area contributed by atoms with E-state index in [1.165, 1.54) is 20.7 Å². The predicted octanol–water partition coefficient (Wildman–Crippen LogP) is 1.94. The second-order valence-electron chi connectivity index (χ2n) is 6.46. The molecule has 0 radical (unpaired) electrons. The highest BCUT2D eigenvalue weighted by atomic mass is 32.1. The van der Waals surface area contributed by atoms with Crippen molar-refractivity contribution in [3.63, 3.8) is 0 Å². The molecule has 4 rings (SSSR count). The smallest absolute Gasteiger partial charge is 0.323 e. The van der Waals surface area contributed by atoms with Gasteiger partial charge in [0.15, 0.2) is 0 Å². The highest BCUT2D eigenvalue weighted by Gasteiger charge is 2.37. The van der Waals surface area contributed by atoms with Gasteiger partial charge in [0.05, 0.1) is 17.4 Å². The molecule has 0 bridgehead atoms. The summed E-state index contributed by atoms with van der Waals surface area (Å²) in [4.78, 5) is 25.5. The highest BCUT2D eigenvalue weighted by molar-refractivity contribution is 7.80. The number of aryl methyl sites for hydroxylation is 1. The number of nitrogens with zero attached hydrogens (tertiary/aromatic N) is 3. The van der Waals surface area contributed by atoms with Gasteiger partial charge in [0.25, 0.3) is 5.56 Å². The summed E-state index contributed by atoms with van der Waals surface area (Å²) >= 11 is 5.54. The highest BCUT2D eigenvalue weighted by Crippen LogP contribution is 2.31. The first-order valence-corrected chi connectivity index (χ1v) is 9.29. The molecule has 2 N–H and O–H groups in total. The van der Waals surface area contributed by atoms with Gasteiger partial charge in [-0.1, -0.05) is 0 Å². The number of aromatic nitrogens is 3. The Kier molecular flexibility index (Phi) is 5.31. The van der Waals surface area contributed by atoms with E-state index in [0.29, 0.717) is 15.8 Å². The zero-order chi connectivity index (χ0) is 18.9. The number of halogens is 1. The third-order valence-electron chi connectivity index (χ3n) is 4.32. The molecule has 9 heteroatoms. The van der Waals surface area contributed by atoms with Crippen LogP contribution < -0.4 is 17.0 Å². The third-order valence-corrected chi connectivity index (χ3v) is 5.23. The molecule has 0 unspecified atom stereocenters. The zero-order valence-corrected chi connectivity index (χ0v) is 15.9. The van der Waals surface area contributed by atoms with E-state index in [1.807, 2.05) is 5.38 Å². The molecule has 1 aliphatic rings. The Hall–Kier alpha value is -1.97. The molecule has 1 aromatic carbocycles. The first kappa shape index (κ1) is 18.8. The van der Waals surface area contributed by atoms with Crippen LogP contribution in [0.25, 0.3) is 10.9 Å². The molecule has 0 spiro atoms. The van der Waals surface area contributed by atoms with Gasteiger partial charge >= 0.3 is 5.69 Å². The van der Waals surface area contributed by atoms with Crippen molar-refractivity contribution in [1.29, 1.82) is 0 Å². The molecule has 1 fully saturated rings. The number of thiol groups is 1. The van der Waals surface area contributed by atoms with Crippen LogP contribution in [0.4, 0.5) is 4.39 Å². The van der Waals surface area contributed by atoms with Crippen LogP contribution in [0.3, 0.4) is 0 Å². The monoisotopic (exact) mass is 394 g/mol. The Morgan fingerprint density at radius 2 is 2.12 bits per heavy atom. The van der Waals surface area contributed by atoms with Crippen molar-refractivity contribution in [2.75, 3.05) is 6.67 Å². The lowest BCUT2D eigenvalue weighted by atomic mass is 10.2. The first-order valence-electron chi connectivity index (χ1n) is 8.00. The van der Waals surface area contributed by atoms with E-state index in [2.05, 4.69) is 17.0 Å². The molecular formula is C17H19FN4O2S2. The van der Waals surface area contributed by atoms with Gasteiger partial charge in [-0.3, -0.25) is 13.9 Å². The molecule has 26 heavy (non-hydrogen) atoms. The Morgan fingerprint density at radius 1 is 1.38 bits per heavy atom. The maximum Gasteiger partial charge on any atom is 0.331 e. The van der Waals surface area contributed by atoms with Crippen LogP contribution in [-0.4, -0.2) is 25.7 Å². The van der Waals surface area contributed by atoms with E-state index in [9.17, 15) is 14.0 Å². The van der Waals surface area contributed by atoms with E-state index in [0.717, 1.165) is 18.4 Å². The second kappa shape index (κ2) is 7.34. The fourth-order valence-corrected chi connectivity index (χ4v) is 3.16. The molecule has 2 heterocycles. The molecule has 0 atom stereocenters. The van der Waals surface area contributed by atoms with Crippen LogP contribution in [-0.2, 0) is 13.6 Å². The summed E-state index contributed by atoms with van der Waals surface area (Å²) < 4.78 is 18.1. The number of benzene rings is 1. The lowest BCUT2D eigenvalue weighted by Crippen LogP contribution is -2.39. The first-order chi connectivity index (χ1) is 12.3. The normalized spacial score (nSPS) is 14.8. The van der Waals surface area contributed by atoms with Gasteiger partial charge in [-0.15, -0.1) is 12.6 Å². The Labute approximate surface area is 158 Å². The number of rotatable bonds is 3. The van der Waals surface area contributed by atoms with Crippen molar-refractivity contribution in [2.45, 2.75) is 29.8 Å². The number of fused-ring (bicyclic) bond motifs is 1. The SMILES string of the molecule is Cn1c(=O)n(Cc2cnsc2)c(=O)c2cc(S)ccc21.NC1(CF)CC1. The van der Waals surface area contributed by atoms with Gasteiger partial charge < -0.3 is 5.73 Å². The van der Waals surface area contributed by atoms with Crippen molar-refractivity contribution < 1.29 is 4.39 Å². The molecule has 2 aromatic heterocycles. The van der Waals surface area contributed by atoms with E-state index in [4.69, 9.17) is 5.73 Å². The van der Waals surface area contributed by atoms with Crippen LogP contribution in [0.2, 0.25) is 0 Å². The maximum absolute atomic E-state index is 12.5. The van der Waals surface area contributed by atoms with Crippen LogP contribution in [0, 0.1) is 0 Å². The van der Waals surface area contributed by atoms with E-state index in [1.54, 1.807) is 31.4 Å². The molecule has 6 nitrogen and oxygen atoms in total. The molecule has 1 aliphatic carbocycles. The minimum atomic E-state index is -0.375. The van der Waals surface area contributed by atoms with Crippen molar-refractivity contribution in [3.8, 4) is 0 Å². The summed E-state index contributed by atoms with van der Waals surface area (Å²) in [5.74, 6) is 0. The number of hydrogen-bond donors (Lipinski definition) is 2. The quantitative estimate of drug-likeness (QED) is 0.665. The van der Waals surface area contributed by atoms with E-state index in [-0.39, 0.29) is 30.0 Å².